The molecule has 1 heterocycles. The van der Waals surface area contributed by atoms with Gasteiger partial charge in [-0.3, -0.25) is 4.99 Å². The monoisotopic (exact) mass is 490 g/mol. The van der Waals surface area contributed by atoms with E-state index in [1.54, 1.807) is 30.0 Å². The predicted octanol–water partition coefficient (Wildman–Crippen LogP) is 6.77. The van der Waals surface area contributed by atoms with Crippen molar-refractivity contribution in [2.45, 2.75) is 25.5 Å². The smallest absolute Gasteiger partial charge is 0.171 e. The number of aliphatic hydroxyl groups is 1. The van der Waals surface area contributed by atoms with Crippen LogP contribution in [0.5, 0.6) is 5.75 Å². The van der Waals surface area contributed by atoms with E-state index in [4.69, 9.17) is 10.6 Å². The molecule has 1 aliphatic heterocycles. The molecule has 3 N–H and O–H groups in total. The lowest BCUT2D eigenvalue weighted by atomic mass is 9.95. The lowest BCUT2D eigenvalue weighted by molar-refractivity contribution is 0.375. The first-order chi connectivity index (χ1) is 17.0. The molecule has 0 saturated carbocycles. The maximum Gasteiger partial charge on any atom is 0.171 e. The number of hydrogen-bond donors (Lipinski definition) is 2. The number of aryl methyl sites for hydroxylation is 1. The molecule has 0 bridgehead atoms. The van der Waals surface area contributed by atoms with Crippen LogP contribution in [0.1, 0.15) is 30.0 Å². The van der Waals surface area contributed by atoms with Crippen LogP contribution in [-0.4, -0.2) is 22.7 Å². The first kappa shape index (κ1) is 24.5. The highest BCUT2D eigenvalue weighted by atomic mass is 32.2. The van der Waals surface area contributed by atoms with Crippen molar-refractivity contribution in [1.29, 1.82) is 0 Å². The Morgan fingerprint density at radius 3 is 2.74 bits per heavy atom. The molecule has 4 rings (SSSR count). The maximum absolute atomic E-state index is 13.7. The molecule has 2 aliphatic rings. The minimum absolute atomic E-state index is 0.00852. The topological polar surface area (TPSA) is 92.6 Å². The number of nitrogens with zero attached hydrogens (tertiary/aromatic N) is 3. The Balaban J connectivity index is 1.60. The zero-order chi connectivity index (χ0) is 24.8. The van der Waals surface area contributed by atoms with Gasteiger partial charge in [0.05, 0.1) is 10.8 Å². The van der Waals surface area contributed by atoms with E-state index in [2.05, 4.69) is 15.3 Å². The van der Waals surface area contributed by atoms with Crippen LogP contribution in [-0.2, 0) is 0 Å². The number of aliphatic hydroxyl groups excluding tert-OH is 1. The Kier molecular flexibility index (Phi) is 7.82. The summed E-state index contributed by atoms with van der Waals surface area (Å²) in [4.78, 5) is 5.28. The molecule has 0 saturated heterocycles. The minimum Gasteiger partial charge on any atom is -0.508 e. The van der Waals surface area contributed by atoms with E-state index in [1.807, 2.05) is 56.3 Å². The predicted molar refractivity (Wildman–Crippen MR) is 141 cm³/mol. The van der Waals surface area contributed by atoms with Crippen molar-refractivity contribution in [2.24, 2.45) is 27.1 Å². The highest BCUT2D eigenvalue weighted by Gasteiger charge is 2.37. The van der Waals surface area contributed by atoms with Gasteiger partial charge in [0, 0.05) is 11.8 Å². The van der Waals surface area contributed by atoms with Crippen LogP contribution in [0.2, 0.25) is 0 Å². The molecule has 35 heavy (non-hydrogen) atoms. The Bertz CT molecular complexity index is 1260. The number of fused-ring (bicyclic) bond motifs is 1. The number of amidine groups is 1. The average molecular weight is 491 g/mol. The summed E-state index contributed by atoms with van der Waals surface area (Å²) in [7, 11) is 0. The highest BCUT2D eigenvalue weighted by molar-refractivity contribution is 8.09. The van der Waals surface area contributed by atoms with Crippen LogP contribution < -0.4 is 10.6 Å². The van der Waals surface area contributed by atoms with E-state index < -0.39 is 0 Å². The molecule has 2 aromatic carbocycles. The first-order valence-electron chi connectivity index (χ1n) is 11.4. The van der Waals surface area contributed by atoms with Crippen molar-refractivity contribution in [2.75, 3.05) is 6.54 Å². The third-order valence-corrected chi connectivity index (χ3v) is 6.93. The van der Waals surface area contributed by atoms with Crippen molar-refractivity contribution in [3.63, 3.8) is 0 Å². The quantitative estimate of drug-likeness (QED) is 0.147. The number of nitrogens with two attached hydrogens (primary N) is 1. The Morgan fingerprint density at radius 1 is 1.23 bits per heavy atom. The molecule has 2 unspecified atom stereocenters. The molecule has 2 aromatic rings. The van der Waals surface area contributed by atoms with Crippen molar-refractivity contribution in [3.05, 3.63) is 101 Å². The van der Waals surface area contributed by atoms with E-state index in [1.165, 1.54) is 12.1 Å². The second-order valence-corrected chi connectivity index (χ2v) is 9.36. The number of aliphatic imine (C=N–C) groups is 1. The van der Waals surface area contributed by atoms with Crippen LogP contribution in [0, 0.1) is 18.7 Å². The summed E-state index contributed by atoms with van der Waals surface area (Å²) < 4.78 is 20.2. The van der Waals surface area contributed by atoms with Crippen LogP contribution in [0.3, 0.4) is 0 Å². The molecule has 0 aromatic heterocycles. The normalized spacial score (nSPS) is 20.1. The lowest BCUT2D eigenvalue weighted by Crippen LogP contribution is -2.16. The van der Waals surface area contributed by atoms with Gasteiger partial charge >= 0.3 is 0 Å². The molecule has 1 aliphatic carbocycles. The van der Waals surface area contributed by atoms with Gasteiger partial charge in [0.1, 0.15) is 23.1 Å². The van der Waals surface area contributed by atoms with Crippen LogP contribution in [0.15, 0.2) is 93.6 Å². The third kappa shape index (κ3) is 5.89. The fourth-order valence-electron chi connectivity index (χ4n) is 3.87. The Hall–Kier alpha value is -3.65. The number of rotatable bonds is 7. The highest BCUT2D eigenvalue weighted by Crippen LogP contribution is 2.51. The van der Waals surface area contributed by atoms with E-state index in [9.17, 15) is 9.50 Å². The average Bonchev–Trinajstić information content (AvgIpc) is 3.18. The van der Waals surface area contributed by atoms with Gasteiger partial charge in [-0.25, -0.2) is 4.39 Å². The molecule has 0 spiro atoms. The number of ether oxygens (including phenoxy) is 1. The van der Waals surface area contributed by atoms with Crippen molar-refractivity contribution in [1.82, 2.24) is 0 Å². The second-order valence-electron chi connectivity index (χ2n) is 8.17. The summed E-state index contributed by atoms with van der Waals surface area (Å²) in [5.41, 5.74) is 2.70. The fourth-order valence-corrected chi connectivity index (χ4v) is 5.36. The first-order valence-corrected chi connectivity index (χ1v) is 12.2. The number of halogens is 1. The van der Waals surface area contributed by atoms with Gasteiger partial charge in [-0.2, -0.15) is 0 Å². The van der Waals surface area contributed by atoms with E-state index in [0.29, 0.717) is 18.1 Å². The van der Waals surface area contributed by atoms with E-state index >= 15 is 0 Å². The third-order valence-electron chi connectivity index (χ3n) is 5.57. The molecule has 0 fully saturated rings. The molecule has 6 nitrogen and oxygen atoms in total. The summed E-state index contributed by atoms with van der Waals surface area (Å²) in [5.74, 6) is 7.04. The summed E-state index contributed by atoms with van der Waals surface area (Å²) >= 11 is 1.61. The molecule has 2 atom stereocenters. The van der Waals surface area contributed by atoms with Crippen LogP contribution in [0.25, 0.3) is 11.0 Å². The molecule has 180 valence electrons. The van der Waals surface area contributed by atoms with E-state index in [-0.39, 0.29) is 22.7 Å². The van der Waals surface area contributed by atoms with Gasteiger partial charge in [-0.05, 0) is 72.5 Å². The Labute approximate surface area is 208 Å². The zero-order valence-corrected chi connectivity index (χ0v) is 20.4. The standard InChI is InChI=1S/C27H27FN4O2S/c1-3-14-30-25(31-32-29)13-6-18-4-9-21(10-5-18)34-26-23-12-8-20(33)16-24(23)35-27(26)22-11-7-19(28)15-17(22)2/h4-13,15-16,23-24,33H,3,14H2,1-2H3,(H2,29,30,31)/b13-6+. The summed E-state index contributed by atoms with van der Waals surface area (Å²) in [6.45, 7) is 4.57. The minimum atomic E-state index is -0.272. The largest absolute Gasteiger partial charge is 0.508 e. The van der Waals surface area contributed by atoms with Gasteiger partial charge < -0.3 is 15.7 Å². The van der Waals surface area contributed by atoms with E-state index in [0.717, 1.165) is 33.8 Å². The summed E-state index contributed by atoms with van der Waals surface area (Å²) in [6.07, 6.45) is 10.0. The SMILES string of the molecule is CCCN=C(/C=C/c1ccc(OC2=C(c3ccc(F)cc3C)SC3C=C(O)C=CC23)cc1)N=NN. The molecule has 8 heteroatoms. The second kappa shape index (κ2) is 11.2. The summed E-state index contributed by atoms with van der Waals surface area (Å²) in [5, 5.41) is 17.2. The maximum atomic E-state index is 13.7. The van der Waals surface area contributed by atoms with Crippen molar-refractivity contribution >= 4 is 28.6 Å². The molecular formula is C27H27FN4O2S. The van der Waals surface area contributed by atoms with Crippen molar-refractivity contribution < 1.29 is 14.2 Å². The van der Waals surface area contributed by atoms with Gasteiger partial charge in [0.15, 0.2) is 5.84 Å². The molecule has 0 amide bonds. The summed E-state index contributed by atoms with van der Waals surface area (Å²) in [6, 6.07) is 12.4. The van der Waals surface area contributed by atoms with Gasteiger partial charge in [0.25, 0.3) is 0 Å². The van der Waals surface area contributed by atoms with Crippen LogP contribution >= 0.6 is 11.8 Å². The fraction of sp³-hybridized carbons (Fsp3) is 0.222. The number of hydrogen-bond acceptors (Lipinski definition) is 5. The van der Waals surface area contributed by atoms with Crippen molar-refractivity contribution in [3.8, 4) is 5.75 Å². The molecule has 0 radical (unpaired) electrons. The zero-order valence-electron chi connectivity index (χ0n) is 19.6. The number of benzene rings is 2. The van der Waals surface area contributed by atoms with Crippen LogP contribution in [0.4, 0.5) is 4.39 Å². The lowest BCUT2D eigenvalue weighted by Gasteiger charge is -2.19. The van der Waals surface area contributed by atoms with Gasteiger partial charge in [-0.1, -0.05) is 42.5 Å². The number of thioether (sulfide) groups is 1. The molecular weight excluding hydrogens is 463 g/mol. The van der Waals surface area contributed by atoms with Gasteiger partial charge in [-0.15, -0.1) is 16.9 Å². The number of allylic oxidation sites excluding steroid dienone is 2. The Morgan fingerprint density at radius 2 is 2.03 bits per heavy atom. The van der Waals surface area contributed by atoms with Gasteiger partial charge in [0.2, 0.25) is 0 Å².